The van der Waals surface area contributed by atoms with E-state index in [0.717, 1.165) is 5.56 Å². The summed E-state index contributed by atoms with van der Waals surface area (Å²) in [5.41, 5.74) is 1.90. The predicted molar refractivity (Wildman–Crippen MR) is 77.1 cm³/mol. The van der Waals surface area contributed by atoms with Crippen LogP contribution in [0.15, 0.2) is 21.7 Å². The number of hydrogen-bond donors (Lipinski definition) is 2. The Hall–Kier alpha value is -1.22. The summed E-state index contributed by atoms with van der Waals surface area (Å²) in [6.07, 6.45) is 0. The van der Waals surface area contributed by atoms with Crippen LogP contribution in [0.3, 0.4) is 0 Å². The van der Waals surface area contributed by atoms with Gasteiger partial charge >= 0.3 is 0 Å². The highest BCUT2D eigenvalue weighted by atomic mass is 32.2. The van der Waals surface area contributed by atoms with Gasteiger partial charge < -0.3 is 5.11 Å². The molecule has 20 heavy (non-hydrogen) atoms. The number of aromatic nitrogens is 2. The number of aliphatic hydroxyl groups is 1. The van der Waals surface area contributed by atoms with Crippen LogP contribution in [-0.2, 0) is 23.1 Å². The van der Waals surface area contributed by atoms with E-state index in [-0.39, 0.29) is 24.6 Å². The van der Waals surface area contributed by atoms with Gasteiger partial charge in [-0.05, 0) is 36.2 Å². The molecule has 2 heterocycles. The number of thiophene rings is 1. The van der Waals surface area contributed by atoms with Gasteiger partial charge in [-0.15, -0.1) is 0 Å². The minimum absolute atomic E-state index is 0.0796. The van der Waals surface area contributed by atoms with Gasteiger partial charge in [0.1, 0.15) is 4.90 Å². The van der Waals surface area contributed by atoms with Crippen LogP contribution in [0.25, 0.3) is 0 Å². The van der Waals surface area contributed by atoms with Crippen molar-refractivity contribution in [1.82, 2.24) is 14.5 Å². The highest BCUT2D eigenvalue weighted by Crippen LogP contribution is 2.19. The molecule has 2 aromatic heterocycles. The van der Waals surface area contributed by atoms with E-state index in [9.17, 15) is 8.42 Å². The minimum Gasteiger partial charge on any atom is -0.394 e. The SMILES string of the molecule is Cc1nn(CCO)c(C)c1S(=O)(=O)NCc1ccsc1. The van der Waals surface area contributed by atoms with E-state index >= 15 is 0 Å². The maximum absolute atomic E-state index is 12.4. The smallest absolute Gasteiger partial charge is 0.244 e. The molecule has 0 saturated carbocycles. The second-order valence-corrected chi connectivity index (χ2v) is 6.89. The minimum atomic E-state index is -3.61. The van der Waals surface area contributed by atoms with Crippen molar-refractivity contribution in [2.75, 3.05) is 6.61 Å². The number of nitrogens with one attached hydrogen (secondary N) is 1. The van der Waals surface area contributed by atoms with Gasteiger partial charge in [0.15, 0.2) is 0 Å². The Morgan fingerprint density at radius 1 is 1.45 bits per heavy atom. The Kier molecular flexibility index (Phi) is 4.59. The van der Waals surface area contributed by atoms with Crippen molar-refractivity contribution in [2.45, 2.75) is 31.8 Å². The quantitative estimate of drug-likeness (QED) is 0.834. The molecule has 0 unspecified atom stereocenters. The molecule has 2 rings (SSSR count). The second-order valence-electron chi connectivity index (χ2n) is 4.40. The fourth-order valence-corrected chi connectivity index (χ4v) is 4.12. The van der Waals surface area contributed by atoms with E-state index in [1.165, 1.54) is 16.0 Å². The Labute approximate surface area is 122 Å². The monoisotopic (exact) mass is 315 g/mol. The van der Waals surface area contributed by atoms with Crippen LogP contribution in [0, 0.1) is 13.8 Å². The van der Waals surface area contributed by atoms with Crippen LogP contribution in [0.2, 0.25) is 0 Å². The summed E-state index contributed by atoms with van der Waals surface area (Å²) in [5, 5.41) is 16.9. The lowest BCUT2D eigenvalue weighted by Crippen LogP contribution is -2.24. The van der Waals surface area contributed by atoms with Crippen LogP contribution in [0.4, 0.5) is 0 Å². The van der Waals surface area contributed by atoms with Gasteiger partial charge in [-0.3, -0.25) is 4.68 Å². The van der Waals surface area contributed by atoms with Crippen LogP contribution in [0.5, 0.6) is 0 Å². The third-order valence-electron chi connectivity index (χ3n) is 2.94. The van der Waals surface area contributed by atoms with Gasteiger partial charge in [-0.2, -0.15) is 16.4 Å². The first-order valence-corrected chi connectivity index (χ1v) is 8.54. The van der Waals surface area contributed by atoms with Crippen molar-refractivity contribution in [1.29, 1.82) is 0 Å². The number of rotatable bonds is 6. The molecule has 0 amide bonds. The largest absolute Gasteiger partial charge is 0.394 e. The zero-order valence-electron chi connectivity index (χ0n) is 11.3. The van der Waals surface area contributed by atoms with Crippen molar-refractivity contribution < 1.29 is 13.5 Å². The zero-order valence-corrected chi connectivity index (χ0v) is 13.0. The molecule has 8 heteroatoms. The first kappa shape index (κ1) is 15.2. The molecule has 0 atom stereocenters. The van der Waals surface area contributed by atoms with Crippen LogP contribution in [0.1, 0.15) is 17.0 Å². The maximum atomic E-state index is 12.4. The number of aryl methyl sites for hydroxylation is 1. The van der Waals surface area contributed by atoms with Crippen molar-refractivity contribution in [2.24, 2.45) is 0 Å². The van der Waals surface area contributed by atoms with Crippen molar-refractivity contribution in [3.8, 4) is 0 Å². The predicted octanol–water partition coefficient (Wildman–Crippen LogP) is 1.03. The molecule has 2 aromatic rings. The lowest BCUT2D eigenvalue weighted by atomic mass is 10.4. The van der Waals surface area contributed by atoms with Gasteiger partial charge in [0.05, 0.1) is 24.5 Å². The molecule has 0 aliphatic carbocycles. The number of aliphatic hydroxyl groups excluding tert-OH is 1. The third-order valence-corrected chi connectivity index (χ3v) is 5.33. The Bertz CT molecular complexity index is 675. The van der Waals surface area contributed by atoms with E-state index in [4.69, 9.17) is 5.11 Å². The lowest BCUT2D eigenvalue weighted by Gasteiger charge is -2.07. The lowest BCUT2D eigenvalue weighted by molar-refractivity contribution is 0.267. The molecule has 2 N–H and O–H groups in total. The molecule has 110 valence electrons. The fraction of sp³-hybridized carbons (Fsp3) is 0.417. The number of nitrogens with zero attached hydrogens (tertiary/aromatic N) is 2. The number of sulfonamides is 1. The summed E-state index contributed by atoms with van der Waals surface area (Å²) in [7, 11) is -3.61. The molecule has 0 aromatic carbocycles. The molecular formula is C12H17N3O3S2. The first-order valence-electron chi connectivity index (χ1n) is 6.11. The standard InChI is InChI=1S/C12H17N3O3S2/c1-9-12(10(2)15(14-9)4-5-16)20(17,18)13-7-11-3-6-19-8-11/h3,6,8,13,16H,4-5,7H2,1-2H3. The van der Waals surface area contributed by atoms with Gasteiger partial charge in [-0.1, -0.05) is 0 Å². The molecular weight excluding hydrogens is 298 g/mol. The molecule has 6 nitrogen and oxygen atoms in total. The van der Waals surface area contributed by atoms with Gasteiger partial charge in [0.2, 0.25) is 10.0 Å². The average Bonchev–Trinajstić information content (AvgIpc) is 2.97. The summed E-state index contributed by atoms with van der Waals surface area (Å²) in [6.45, 7) is 3.81. The summed E-state index contributed by atoms with van der Waals surface area (Å²) in [4.78, 5) is 0.196. The summed E-state index contributed by atoms with van der Waals surface area (Å²) in [6, 6.07) is 1.88. The second kappa shape index (κ2) is 6.04. The number of hydrogen-bond acceptors (Lipinski definition) is 5. The molecule has 0 saturated heterocycles. The maximum Gasteiger partial charge on any atom is 0.244 e. The van der Waals surface area contributed by atoms with E-state index in [0.29, 0.717) is 11.4 Å². The summed E-state index contributed by atoms with van der Waals surface area (Å²) in [5.74, 6) is 0. The fourth-order valence-electron chi connectivity index (χ4n) is 2.03. The van der Waals surface area contributed by atoms with Gasteiger partial charge in [-0.25, -0.2) is 13.1 Å². The molecule has 0 bridgehead atoms. The highest BCUT2D eigenvalue weighted by molar-refractivity contribution is 7.89. The van der Waals surface area contributed by atoms with E-state index < -0.39 is 10.0 Å². The Morgan fingerprint density at radius 3 is 2.80 bits per heavy atom. The third kappa shape index (κ3) is 3.09. The van der Waals surface area contributed by atoms with E-state index in [1.54, 1.807) is 13.8 Å². The molecule has 0 fully saturated rings. The first-order chi connectivity index (χ1) is 9.45. The summed E-state index contributed by atoms with van der Waals surface area (Å²) < 4.78 is 28.8. The van der Waals surface area contributed by atoms with Gasteiger partial charge in [0.25, 0.3) is 0 Å². The molecule has 0 aliphatic heterocycles. The van der Waals surface area contributed by atoms with Crippen LogP contribution >= 0.6 is 11.3 Å². The molecule has 0 radical (unpaired) electrons. The van der Waals surface area contributed by atoms with E-state index in [2.05, 4.69) is 9.82 Å². The van der Waals surface area contributed by atoms with Crippen LogP contribution < -0.4 is 4.72 Å². The Balaban J connectivity index is 2.25. The highest BCUT2D eigenvalue weighted by Gasteiger charge is 2.24. The average molecular weight is 315 g/mol. The molecule has 0 aliphatic rings. The van der Waals surface area contributed by atoms with Crippen LogP contribution in [-0.4, -0.2) is 29.9 Å². The topological polar surface area (TPSA) is 84.2 Å². The summed E-state index contributed by atoms with van der Waals surface area (Å²) >= 11 is 1.52. The van der Waals surface area contributed by atoms with Crippen molar-refractivity contribution in [3.05, 3.63) is 33.8 Å². The van der Waals surface area contributed by atoms with Crippen molar-refractivity contribution in [3.63, 3.8) is 0 Å². The van der Waals surface area contributed by atoms with Crippen molar-refractivity contribution >= 4 is 21.4 Å². The van der Waals surface area contributed by atoms with Gasteiger partial charge in [0, 0.05) is 6.54 Å². The normalized spacial score (nSPS) is 11.9. The van der Waals surface area contributed by atoms with E-state index in [1.807, 2.05) is 16.8 Å². The zero-order chi connectivity index (χ0) is 14.8. The molecule has 0 spiro atoms. The Morgan fingerprint density at radius 2 is 2.20 bits per heavy atom.